The summed E-state index contributed by atoms with van der Waals surface area (Å²) in [6.45, 7) is 8.24. The van der Waals surface area contributed by atoms with Crippen LogP contribution in [0.5, 0.6) is 0 Å². The van der Waals surface area contributed by atoms with Crippen LogP contribution in [0.1, 0.15) is 38.3 Å². The average Bonchev–Trinajstić information content (AvgIpc) is 2.32. The number of aryl methyl sites for hydroxylation is 1. The van der Waals surface area contributed by atoms with Gasteiger partial charge >= 0.3 is 0 Å². The van der Waals surface area contributed by atoms with E-state index in [2.05, 4.69) is 50.4 Å². The lowest BCUT2D eigenvalue weighted by atomic mass is 9.95. The third-order valence-electron chi connectivity index (χ3n) is 2.92. The minimum Gasteiger partial charge on any atom is -0.396 e. The van der Waals surface area contributed by atoms with Gasteiger partial charge in [-0.2, -0.15) is 0 Å². The Morgan fingerprint density at radius 2 is 1.71 bits per heavy atom. The second-order valence-corrected chi connectivity index (χ2v) is 5.49. The normalized spacial score (nSPS) is 11.8. The molecule has 0 aromatic heterocycles. The summed E-state index contributed by atoms with van der Waals surface area (Å²) in [5.41, 5.74) is 2.67. The van der Waals surface area contributed by atoms with Crippen molar-refractivity contribution < 1.29 is 5.11 Å². The molecule has 0 aliphatic carbocycles. The Morgan fingerprint density at radius 1 is 1.12 bits per heavy atom. The zero-order valence-corrected chi connectivity index (χ0v) is 11.3. The molecule has 0 unspecified atom stereocenters. The minimum absolute atomic E-state index is 0.0395. The molecule has 0 radical (unpaired) electrons. The molecule has 1 rings (SSSR count). The molecule has 0 aliphatic heterocycles. The Morgan fingerprint density at radius 3 is 2.24 bits per heavy atom. The maximum Gasteiger partial charge on any atom is 0.0494 e. The minimum atomic E-state index is -0.0395. The number of aliphatic hydroxyl groups is 1. The van der Waals surface area contributed by atoms with Gasteiger partial charge in [0.05, 0.1) is 0 Å². The summed E-state index contributed by atoms with van der Waals surface area (Å²) >= 11 is 0. The van der Waals surface area contributed by atoms with E-state index in [1.165, 1.54) is 17.5 Å². The van der Waals surface area contributed by atoms with E-state index < -0.39 is 0 Å². The molecule has 0 spiro atoms. The molecule has 0 aliphatic rings. The van der Waals surface area contributed by atoms with Gasteiger partial charge in [-0.15, -0.1) is 0 Å². The lowest BCUT2D eigenvalue weighted by molar-refractivity contribution is 0.156. The Bertz CT molecular complexity index is 316. The SMILES string of the molecule is CCCc1ccc(CNCC(C)(C)CO)cc1. The molecule has 0 heterocycles. The maximum absolute atomic E-state index is 9.15. The fourth-order valence-corrected chi connectivity index (χ4v) is 1.71. The quantitative estimate of drug-likeness (QED) is 0.761. The Labute approximate surface area is 105 Å². The second kappa shape index (κ2) is 6.77. The molecule has 1 aromatic rings. The van der Waals surface area contributed by atoms with Crippen molar-refractivity contribution in [3.8, 4) is 0 Å². The van der Waals surface area contributed by atoms with Crippen LogP contribution in [0.25, 0.3) is 0 Å². The van der Waals surface area contributed by atoms with Crippen molar-refractivity contribution in [1.29, 1.82) is 0 Å². The van der Waals surface area contributed by atoms with Crippen LogP contribution in [0.15, 0.2) is 24.3 Å². The van der Waals surface area contributed by atoms with E-state index in [0.717, 1.165) is 19.5 Å². The number of benzene rings is 1. The topological polar surface area (TPSA) is 32.3 Å². The molecule has 0 saturated carbocycles. The van der Waals surface area contributed by atoms with Crippen molar-refractivity contribution >= 4 is 0 Å². The van der Waals surface area contributed by atoms with Crippen LogP contribution in [-0.4, -0.2) is 18.3 Å². The van der Waals surface area contributed by atoms with Gasteiger partial charge in [0.2, 0.25) is 0 Å². The summed E-state index contributed by atoms with van der Waals surface area (Å²) < 4.78 is 0. The summed E-state index contributed by atoms with van der Waals surface area (Å²) in [5.74, 6) is 0. The molecular weight excluding hydrogens is 210 g/mol. The van der Waals surface area contributed by atoms with Gasteiger partial charge in [-0.1, -0.05) is 51.5 Å². The van der Waals surface area contributed by atoms with Crippen molar-refractivity contribution in [1.82, 2.24) is 5.32 Å². The van der Waals surface area contributed by atoms with Crippen molar-refractivity contribution in [2.75, 3.05) is 13.2 Å². The Balaban J connectivity index is 2.37. The molecule has 1 aromatic carbocycles. The van der Waals surface area contributed by atoms with Gasteiger partial charge in [0, 0.05) is 25.1 Å². The third kappa shape index (κ3) is 5.33. The zero-order valence-electron chi connectivity index (χ0n) is 11.3. The van der Waals surface area contributed by atoms with Gasteiger partial charge in [0.1, 0.15) is 0 Å². The molecule has 0 fully saturated rings. The molecule has 17 heavy (non-hydrogen) atoms. The molecule has 0 amide bonds. The van der Waals surface area contributed by atoms with Gasteiger partial charge in [-0.3, -0.25) is 0 Å². The van der Waals surface area contributed by atoms with Crippen molar-refractivity contribution in [2.45, 2.75) is 40.2 Å². The van der Waals surface area contributed by atoms with Gasteiger partial charge < -0.3 is 10.4 Å². The third-order valence-corrected chi connectivity index (χ3v) is 2.92. The summed E-state index contributed by atoms with van der Waals surface area (Å²) in [7, 11) is 0. The lowest BCUT2D eigenvalue weighted by Crippen LogP contribution is -2.31. The van der Waals surface area contributed by atoms with E-state index in [1.807, 2.05) is 0 Å². The number of nitrogens with one attached hydrogen (secondary N) is 1. The Kier molecular flexibility index (Phi) is 5.66. The van der Waals surface area contributed by atoms with Crippen LogP contribution >= 0.6 is 0 Å². The smallest absolute Gasteiger partial charge is 0.0494 e. The van der Waals surface area contributed by atoms with E-state index >= 15 is 0 Å². The van der Waals surface area contributed by atoms with Gasteiger partial charge in [0.25, 0.3) is 0 Å². The second-order valence-electron chi connectivity index (χ2n) is 5.49. The standard InChI is InChI=1S/C15H25NO/c1-4-5-13-6-8-14(9-7-13)10-16-11-15(2,3)12-17/h6-9,16-17H,4-5,10-12H2,1-3H3. The summed E-state index contributed by atoms with van der Waals surface area (Å²) in [6.07, 6.45) is 2.35. The number of aliphatic hydroxyl groups excluding tert-OH is 1. The highest BCUT2D eigenvalue weighted by Gasteiger charge is 2.15. The number of hydrogen-bond acceptors (Lipinski definition) is 2. The first-order chi connectivity index (χ1) is 8.07. The van der Waals surface area contributed by atoms with Crippen LogP contribution in [-0.2, 0) is 13.0 Å². The van der Waals surface area contributed by atoms with Gasteiger partial charge in [-0.05, 0) is 17.5 Å². The number of rotatable bonds is 7. The summed E-state index contributed by atoms with van der Waals surface area (Å²) in [6, 6.07) is 8.78. The largest absolute Gasteiger partial charge is 0.396 e. The predicted octanol–water partition coefficient (Wildman–Crippen LogP) is 2.75. The highest BCUT2D eigenvalue weighted by Crippen LogP contribution is 2.12. The van der Waals surface area contributed by atoms with E-state index in [1.54, 1.807) is 0 Å². The van der Waals surface area contributed by atoms with Gasteiger partial charge in [0.15, 0.2) is 0 Å². The molecule has 0 atom stereocenters. The predicted molar refractivity (Wildman–Crippen MR) is 73.0 cm³/mol. The van der Waals surface area contributed by atoms with Crippen molar-refractivity contribution in [3.05, 3.63) is 35.4 Å². The van der Waals surface area contributed by atoms with Crippen LogP contribution in [0.3, 0.4) is 0 Å². The molecule has 2 nitrogen and oxygen atoms in total. The molecule has 2 N–H and O–H groups in total. The molecule has 0 saturated heterocycles. The van der Waals surface area contributed by atoms with Crippen molar-refractivity contribution in [3.63, 3.8) is 0 Å². The monoisotopic (exact) mass is 235 g/mol. The van der Waals surface area contributed by atoms with Crippen LogP contribution in [0.4, 0.5) is 0 Å². The summed E-state index contributed by atoms with van der Waals surface area (Å²) in [5, 5.41) is 12.5. The van der Waals surface area contributed by atoms with E-state index in [9.17, 15) is 0 Å². The molecule has 0 bridgehead atoms. The first-order valence-electron chi connectivity index (χ1n) is 6.47. The van der Waals surface area contributed by atoms with Gasteiger partial charge in [-0.25, -0.2) is 0 Å². The highest BCUT2D eigenvalue weighted by atomic mass is 16.3. The van der Waals surface area contributed by atoms with Crippen LogP contribution in [0, 0.1) is 5.41 Å². The number of hydrogen-bond donors (Lipinski definition) is 2. The first-order valence-corrected chi connectivity index (χ1v) is 6.47. The fraction of sp³-hybridized carbons (Fsp3) is 0.600. The van der Waals surface area contributed by atoms with E-state index in [-0.39, 0.29) is 12.0 Å². The molecular formula is C15H25NO. The average molecular weight is 235 g/mol. The highest BCUT2D eigenvalue weighted by molar-refractivity contribution is 5.22. The Hall–Kier alpha value is -0.860. The zero-order chi connectivity index (χ0) is 12.7. The fourth-order valence-electron chi connectivity index (χ4n) is 1.71. The molecule has 96 valence electrons. The van der Waals surface area contributed by atoms with E-state index in [0.29, 0.717) is 0 Å². The first kappa shape index (κ1) is 14.2. The summed E-state index contributed by atoms with van der Waals surface area (Å²) in [4.78, 5) is 0. The maximum atomic E-state index is 9.15. The van der Waals surface area contributed by atoms with Crippen LogP contribution < -0.4 is 5.32 Å². The van der Waals surface area contributed by atoms with E-state index in [4.69, 9.17) is 5.11 Å². The van der Waals surface area contributed by atoms with Crippen molar-refractivity contribution in [2.24, 2.45) is 5.41 Å². The molecule has 2 heteroatoms. The van der Waals surface area contributed by atoms with Crippen LogP contribution in [0.2, 0.25) is 0 Å². The lowest BCUT2D eigenvalue weighted by Gasteiger charge is -2.21.